The minimum absolute atomic E-state index is 0.0952. The number of aromatic nitrogens is 1. The lowest BCUT2D eigenvalue weighted by Gasteiger charge is -2.27. The molecule has 1 aliphatic rings. The van der Waals surface area contributed by atoms with Crippen molar-refractivity contribution >= 4 is 34.1 Å². The van der Waals surface area contributed by atoms with Crippen LogP contribution in [0.15, 0.2) is 48.7 Å². The number of carbonyl (C=O) groups excluding carboxylic acids is 2. The van der Waals surface area contributed by atoms with Crippen LogP contribution in [0.4, 0.5) is 5.00 Å². The number of carboxylic acid groups (broad SMARTS) is 1. The van der Waals surface area contributed by atoms with E-state index in [1.54, 1.807) is 53.6 Å². The minimum Gasteiger partial charge on any atom is -0.478 e. The van der Waals surface area contributed by atoms with Crippen molar-refractivity contribution in [1.29, 1.82) is 0 Å². The number of rotatable bonds is 6. The first-order chi connectivity index (χ1) is 15.5. The highest BCUT2D eigenvalue weighted by molar-refractivity contribution is 7.17. The molecule has 8 nitrogen and oxygen atoms in total. The van der Waals surface area contributed by atoms with Gasteiger partial charge in [-0.3, -0.25) is 9.59 Å². The van der Waals surface area contributed by atoms with Gasteiger partial charge in [-0.25, -0.2) is 9.78 Å². The fourth-order valence-corrected chi connectivity index (χ4v) is 4.88. The normalized spacial score (nSPS) is 12.7. The standard InChI is InChI=1S/C23H21N3O5S/c1-2-31-20-16(9-6-11-24-20)22(28)26-12-10-15-17(13-26)32-21(18(15)23(29)30)25-19(27)14-7-4-3-5-8-14/h3-9,11H,2,10,12-13H2,1H3,(H,25,27)(H,29,30). The summed E-state index contributed by atoms with van der Waals surface area (Å²) < 4.78 is 5.48. The molecule has 0 saturated heterocycles. The van der Waals surface area contributed by atoms with E-state index in [4.69, 9.17) is 4.74 Å². The molecule has 1 aromatic carbocycles. The third-order valence-electron chi connectivity index (χ3n) is 5.10. The average molecular weight is 452 g/mol. The van der Waals surface area contributed by atoms with Gasteiger partial charge in [-0.2, -0.15) is 0 Å². The predicted octanol–water partition coefficient (Wildman–Crippen LogP) is 3.69. The molecule has 4 rings (SSSR count). The summed E-state index contributed by atoms with van der Waals surface area (Å²) in [6, 6.07) is 11.9. The Kier molecular flexibility index (Phi) is 6.18. The van der Waals surface area contributed by atoms with Crippen molar-refractivity contribution in [2.24, 2.45) is 0 Å². The highest BCUT2D eigenvalue weighted by Crippen LogP contribution is 2.38. The van der Waals surface area contributed by atoms with Gasteiger partial charge in [0.1, 0.15) is 10.6 Å². The van der Waals surface area contributed by atoms with Gasteiger partial charge in [-0.15, -0.1) is 11.3 Å². The topological polar surface area (TPSA) is 109 Å². The van der Waals surface area contributed by atoms with Gasteiger partial charge in [0, 0.05) is 23.2 Å². The number of carboxylic acids is 1. The van der Waals surface area contributed by atoms with Crippen LogP contribution in [0, 0.1) is 0 Å². The number of ether oxygens (including phenoxy) is 1. The van der Waals surface area contributed by atoms with Crippen LogP contribution in [0.1, 0.15) is 48.4 Å². The van der Waals surface area contributed by atoms with Gasteiger partial charge in [-0.1, -0.05) is 18.2 Å². The molecule has 0 saturated carbocycles. The first-order valence-electron chi connectivity index (χ1n) is 10.1. The summed E-state index contributed by atoms with van der Waals surface area (Å²) in [6.45, 7) is 2.81. The van der Waals surface area contributed by atoms with E-state index in [0.29, 0.717) is 36.3 Å². The minimum atomic E-state index is -1.10. The Balaban J connectivity index is 1.60. The molecular formula is C23H21N3O5S. The van der Waals surface area contributed by atoms with Gasteiger partial charge in [0.25, 0.3) is 11.8 Å². The molecule has 2 amide bonds. The number of amides is 2. The molecule has 3 heterocycles. The Bertz CT molecular complexity index is 1180. The van der Waals surface area contributed by atoms with Gasteiger partial charge >= 0.3 is 5.97 Å². The van der Waals surface area contributed by atoms with E-state index in [1.165, 1.54) is 11.3 Å². The molecule has 2 N–H and O–H groups in total. The molecule has 0 fully saturated rings. The largest absolute Gasteiger partial charge is 0.478 e. The third-order valence-corrected chi connectivity index (χ3v) is 6.24. The van der Waals surface area contributed by atoms with Gasteiger partial charge in [0.05, 0.1) is 18.7 Å². The fourth-order valence-electron chi connectivity index (χ4n) is 3.63. The van der Waals surface area contributed by atoms with Crippen LogP contribution in [0.3, 0.4) is 0 Å². The van der Waals surface area contributed by atoms with E-state index in [2.05, 4.69) is 10.3 Å². The molecule has 2 aromatic heterocycles. The van der Waals surface area contributed by atoms with E-state index in [0.717, 1.165) is 4.88 Å². The summed E-state index contributed by atoms with van der Waals surface area (Å²) in [5.41, 5.74) is 1.56. The van der Waals surface area contributed by atoms with Crippen LogP contribution in [0.5, 0.6) is 5.88 Å². The lowest BCUT2D eigenvalue weighted by atomic mass is 10.0. The maximum absolute atomic E-state index is 13.1. The average Bonchev–Trinajstić information content (AvgIpc) is 3.17. The van der Waals surface area contributed by atoms with Gasteiger partial charge < -0.3 is 20.1 Å². The summed E-state index contributed by atoms with van der Waals surface area (Å²) in [4.78, 5) is 44.2. The van der Waals surface area contributed by atoms with E-state index in [-0.39, 0.29) is 34.8 Å². The summed E-state index contributed by atoms with van der Waals surface area (Å²) in [5.74, 6) is -1.43. The third kappa shape index (κ3) is 4.19. The van der Waals surface area contributed by atoms with E-state index < -0.39 is 5.97 Å². The number of carbonyl (C=O) groups is 3. The van der Waals surface area contributed by atoms with Crippen molar-refractivity contribution in [3.8, 4) is 5.88 Å². The number of fused-ring (bicyclic) bond motifs is 1. The summed E-state index contributed by atoms with van der Waals surface area (Å²) in [7, 11) is 0. The van der Waals surface area contributed by atoms with Crippen molar-refractivity contribution < 1.29 is 24.2 Å². The molecule has 9 heteroatoms. The zero-order chi connectivity index (χ0) is 22.7. The van der Waals surface area contributed by atoms with Crippen molar-refractivity contribution in [2.75, 3.05) is 18.5 Å². The second-order valence-corrected chi connectivity index (χ2v) is 8.20. The Morgan fingerprint density at radius 3 is 2.69 bits per heavy atom. The molecule has 32 heavy (non-hydrogen) atoms. The smallest absolute Gasteiger partial charge is 0.339 e. The molecule has 0 aliphatic carbocycles. The predicted molar refractivity (Wildman–Crippen MR) is 120 cm³/mol. The highest BCUT2D eigenvalue weighted by Gasteiger charge is 2.31. The maximum Gasteiger partial charge on any atom is 0.339 e. The summed E-state index contributed by atoms with van der Waals surface area (Å²) in [5, 5.41) is 12.8. The fraction of sp³-hybridized carbons (Fsp3) is 0.217. The first kappa shape index (κ1) is 21.5. The number of hydrogen-bond donors (Lipinski definition) is 2. The number of anilines is 1. The van der Waals surface area contributed by atoms with E-state index in [1.807, 2.05) is 6.92 Å². The Labute approximate surface area is 188 Å². The molecule has 0 bridgehead atoms. The lowest BCUT2D eigenvalue weighted by molar-refractivity contribution is 0.0696. The quantitative estimate of drug-likeness (QED) is 0.592. The number of hydrogen-bond acceptors (Lipinski definition) is 6. The Hall–Kier alpha value is -3.72. The second kappa shape index (κ2) is 9.19. The van der Waals surface area contributed by atoms with Crippen molar-refractivity contribution in [3.63, 3.8) is 0 Å². The van der Waals surface area contributed by atoms with Gasteiger partial charge in [-0.05, 0) is 43.2 Å². The van der Waals surface area contributed by atoms with E-state index >= 15 is 0 Å². The number of thiophene rings is 1. The van der Waals surface area contributed by atoms with E-state index in [9.17, 15) is 19.5 Å². The number of benzene rings is 1. The van der Waals surface area contributed by atoms with Crippen molar-refractivity contribution in [3.05, 3.63) is 75.8 Å². The molecule has 1 aliphatic heterocycles. The molecule has 0 unspecified atom stereocenters. The van der Waals surface area contributed by atoms with Crippen LogP contribution >= 0.6 is 11.3 Å². The molecule has 0 atom stereocenters. The maximum atomic E-state index is 13.1. The van der Waals surface area contributed by atoms with Crippen molar-refractivity contribution in [1.82, 2.24) is 9.88 Å². The monoisotopic (exact) mass is 451 g/mol. The zero-order valence-corrected chi connectivity index (χ0v) is 18.1. The second-order valence-electron chi connectivity index (χ2n) is 7.10. The highest BCUT2D eigenvalue weighted by atomic mass is 32.1. The molecule has 164 valence electrons. The van der Waals surface area contributed by atoms with Crippen LogP contribution in [0.25, 0.3) is 0 Å². The Morgan fingerprint density at radius 2 is 1.97 bits per heavy atom. The van der Waals surface area contributed by atoms with Gasteiger partial charge in [0.2, 0.25) is 5.88 Å². The summed E-state index contributed by atoms with van der Waals surface area (Å²) >= 11 is 1.19. The first-order valence-corrected chi connectivity index (χ1v) is 10.9. The molecule has 0 spiro atoms. The molecule has 3 aromatic rings. The lowest BCUT2D eigenvalue weighted by Crippen LogP contribution is -2.36. The molecular weight excluding hydrogens is 430 g/mol. The van der Waals surface area contributed by atoms with Crippen LogP contribution in [-0.2, 0) is 13.0 Å². The number of nitrogens with one attached hydrogen (secondary N) is 1. The molecule has 0 radical (unpaired) electrons. The number of pyridine rings is 1. The van der Waals surface area contributed by atoms with Crippen molar-refractivity contribution in [2.45, 2.75) is 19.9 Å². The number of nitrogens with zero attached hydrogens (tertiary/aromatic N) is 2. The van der Waals surface area contributed by atoms with Crippen LogP contribution < -0.4 is 10.1 Å². The van der Waals surface area contributed by atoms with Gasteiger partial charge in [0.15, 0.2) is 0 Å². The summed E-state index contributed by atoms with van der Waals surface area (Å²) in [6.07, 6.45) is 1.95. The zero-order valence-electron chi connectivity index (χ0n) is 17.3. The Morgan fingerprint density at radius 1 is 1.19 bits per heavy atom. The SMILES string of the molecule is CCOc1ncccc1C(=O)N1CCc2c(sc(NC(=O)c3ccccc3)c2C(=O)O)C1. The van der Waals surface area contributed by atoms with Crippen LogP contribution in [-0.4, -0.2) is 45.9 Å². The van der Waals surface area contributed by atoms with Crippen LogP contribution in [0.2, 0.25) is 0 Å². The number of aromatic carboxylic acids is 1.